The molecule has 5 atom stereocenters. The normalized spacial score (nSPS) is 29.7. The van der Waals surface area contributed by atoms with Crippen molar-refractivity contribution in [2.24, 2.45) is 0 Å². The van der Waals surface area contributed by atoms with Gasteiger partial charge in [0.2, 0.25) is 5.91 Å². The highest BCUT2D eigenvalue weighted by Crippen LogP contribution is 2.67. The average Bonchev–Trinajstić information content (AvgIpc) is 3.27. The number of hydrogen-bond donors (Lipinski definition) is 0. The molecule has 6 rings (SSSR count). The lowest BCUT2D eigenvalue weighted by Crippen LogP contribution is -2.79. The van der Waals surface area contributed by atoms with Gasteiger partial charge in [0.15, 0.2) is 11.5 Å². The first-order chi connectivity index (χ1) is 19.2. The smallest absolute Gasteiger partial charge is 0.303 e. The molecule has 4 aliphatic rings. The fourth-order valence-electron chi connectivity index (χ4n) is 8.10. The number of benzene rings is 2. The topological polar surface area (TPSA) is 68.3 Å². The maximum atomic E-state index is 13.7. The summed E-state index contributed by atoms with van der Waals surface area (Å²) in [6.07, 6.45) is 4.43. The summed E-state index contributed by atoms with van der Waals surface area (Å²) in [5.41, 5.74) is 1.66. The lowest BCUT2D eigenvalue weighted by atomic mass is 9.48. The molecule has 2 aliphatic carbocycles. The first kappa shape index (κ1) is 27.4. The zero-order valence-electron chi connectivity index (χ0n) is 23.0. The third-order valence-electron chi connectivity index (χ3n) is 9.63. The van der Waals surface area contributed by atoms with Crippen LogP contribution in [0.2, 0.25) is 10.0 Å². The maximum absolute atomic E-state index is 13.7. The van der Waals surface area contributed by atoms with Crippen LogP contribution in [0.4, 0.5) is 0 Å². The summed E-state index contributed by atoms with van der Waals surface area (Å²) in [6.45, 7) is 6.99. The summed E-state index contributed by atoms with van der Waals surface area (Å²) >= 11 is 12.3. The van der Waals surface area contributed by atoms with Gasteiger partial charge in [-0.15, -0.1) is 6.58 Å². The summed E-state index contributed by atoms with van der Waals surface area (Å²) in [4.78, 5) is 30.7. The van der Waals surface area contributed by atoms with Gasteiger partial charge in [-0.1, -0.05) is 41.4 Å². The Bertz CT molecular complexity index is 1400. The van der Waals surface area contributed by atoms with Gasteiger partial charge in [0.25, 0.3) is 0 Å². The molecule has 1 saturated carbocycles. The van der Waals surface area contributed by atoms with Gasteiger partial charge in [0.1, 0.15) is 11.7 Å². The van der Waals surface area contributed by atoms with Gasteiger partial charge in [-0.2, -0.15) is 0 Å². The van der Waals surface area contributed by atoms with E-state index in [1.165, 1.54) is 12.5 Å². The van der Waals surface area contributed by atoms with Gasteiger partial charge >= 0.3 is 5.97 Å². The molecule has 7 nitrogen and oxygen atoms in total. The largest absolute Gasteiger partial charge is 0.493 e. The molecule has 9 heteroatoms. The molecule has 2 heterocycles. The van der Waals surface area contributed by atoms with Crippen LogP contribution in [-0.4, -0.2) is 72.7 Å². The van der Waals surface area contributed by atoms with Crippen molar-refractivity contribution in [3.8, 4) is 11.5 Å². The molecule has 212 valence electrons. The lowest BCUT2D eigenvalue weighted by Gasteiger charge is -2.65. The van der Waals surface area contributed by atoms with E-state index < -0.39 is 17.1 Å². The number of carbonyl (C=O) groups excluding carboxylic acids is 2. The highest BCUT2D eigenvalue weighted by Gasteiger charge is 2.75. The minimum Gasteiger partial charge on any atom is -0.493 e. The molecule has 0 radical (unpaired) electrons. The number of piperidine rings is 1. The molecule has 2 aromatic rings. The number of halogens is 2. The van der Waals surface area contributed by atoms with Gasteiger partial charge < -0.3 is 19.1 Å². The lowest BCUT2D eigenvalue weighted by molar-refractivity contribution is -0.222. The number of esters is 1. The van der Waals surface area contributed by atoms with Crippen LogP contribution in [0, 0.1) is 0 Å². The number of amides is 1. The van der Waals surface area contributed by atoms with Crippen molar-refractivity contribution in [1.29, 1.82) is 0 Å². The van der Waals surface area contributed by atoms with Crippen LogP contribution < -0.4 is 9.47 Å². The van der Waals surface area contributed by atoms with Crippen molar-refractivity contribution >= 4 is 35.1 Å². The SMILES string of the molecule is C=CCN1CC[C@]23c4c5ccc(OC)c4OC2C(N(C)C(=O)Cc2ccc(Cl)c(Cl)c2)CC[C@@]3(OC(C)=O)[C@H]1C5. The molecule has 0 aromatic heterocycles. The monoisotopic (exact) mass is 584 g/mol. The first-order valence-corrected chi connectivity index (χ1v) is 14.5. The molecular formula is C31H34Cl2N2O5. The van der Waals surface area contributed by atoms with Gasteiger partial charge in [-0.3, -0.25) is 14.5 Å². The number of likely N-dealkylation sites (N-methyl/N-ethyl adjacent to an activating group) is 1. The van der Waals surface area contributed by atoms with E-state index in [0.717, 1.165) is 36.3 Å². The zero-order chi connectivity index (χ0) is 28.4. The summed E-state index contributed by atoms with van der Waals surface area (Å²) in [5, 5.41) is 0.877. The van der Waals surface area contributed by atoms with E-state index in [9.17, 15) is 9.59 Å². The number of carbonyl (C=O) groups is 2. The van der Waals surface area contributed by atoms with Gasteiger partial charge in [-0.05, 0) is 55.0 Å². The fourth-order valence-corrected chi connectivity index (χ4v) is 8.43. The molecule has 1 saturated heterocycles. The number of hydrogen-bond acceptors (Lipinski definition) is 6. The van der Waals surface area contributed by atoms with Crippen LogP contribution in [0.25, 0.3) is 0 Å². The van der Waals surface area contributed by atoms with Crippen molar-refractivity contribution in [3.63, 3.8) is 0 Å². The van der Waals surface area contributed by atoms with E-state index in [0.29, 0.717) is 35.2 Å². The summed E-state index contributed by atoms with van der Waals surface area (Å²) in [6, 6.07) is 9.10. The average molecular weight is 586 g/mol. The Morgan fingerprint density at radius 1 is 1.23 bits per heavy atom. The number of methoxy groups -OCH3 is 1. The Kier molecular flexibility index (Phi) is 6.83. The van der Waals surface area contributed by atoms with Crippen molar-refractivity contribution in [2.75, 3.05) is 27.2 Å². The highest BCUT2D eigenvalue weighted by molar-refractivity contribution is 6.42. The van der Waals surface area contributed by atoms with Crippen molar-refractivity contribution in [1.82, 2.24) is 9.80 Å². The molecule has 2 aliphatic heterocycles. The second kappa shape index (κ2) is 9.97. The Hall–Kier alpha value is -2.74. The van der Waals surface area contributed by atoms with E-state index in [1.54, 1.807) is 19.2 Å². The Balaban J connectivity index is 1.45. The van der Waals surface area contributed by atoms with Crippen LogP contribution in [0.5, 0.6) is 11.5 Å². The predicted molar refractivity (Wildman–Crippen MR) is 153 cm³/mol. The minimum atomic E-state index is -0.792. The number of rotatable bonds is 7. The van der Waals surface area contributed by atoms with Crippen molar-refractivity contribution in [3.05, 3.63) is 69.7 Å². The highest BCUT2D eigenvalue weighted by atomic mass is 35.5. The molecule has 40 heavy (non-hydrogen) atoms. The number of nitrogens with zero attached hydrogens (tertiary/aromatic N) is 2. The predicted octanol–water partition coefficient (Wildman–Crippen LogP) is 4.98. The fraction of sp³-hybridized carbons (Fsp3) is 0.484. The first-order valence-electron chi connectivity index (χ1n) is 13.8. The zero-order valence-corrected chi connectivity index (χ0v) is 24.6. The molecule has 2 bridgehead atoms. The minimum absolute atomic E-state index is 0.0285. The Labute approximate surface area is 244 Å². The number of likely N-dealkylation sites (tertiary alicyclic amines) is 1. The van der Waals surface area contributed by atoms with Crippen LogP contribution in [-0.2, 0) is 32.6 Å². The Morgan fingerprint density at radius 2 is 2.02 bits per heavy atom. The second-order valence-electron chi connectivity index (χ2n) is 11.4. The summed E-state index contributed by atoms with van der Waals surface area (Å²) < 4.78 is 19.1. The van der Waals surface area contributed by atoms with Crippen LogP contribution in [0.15, 0.2) is 43.0 Å². The quantitative estimate of drug-likeness (QED) is 0.337. The molecule has 1 spiro atoms. The summed E-state index contributed by atoms with van der Waals surface area (Å²) in [7, 11) is 3.49. The van der Waals surface area contributed by atoms with Crippen molar-refractivity contribution < 1.29 is 23.8 Å². The van der Waals surface area contributed by atoms with E-state index in [2.05, 4.69) is 17.5 Å². The third-order valence-corrected chi connectivity index (χ3v) is 10.4. The van der Waals surface area contributed by atoms with Crippen molar-refractivity contribution in [2.45, 2.75) is 68.2 Å². The van der Waals surface area contributed by atoms with Gasteiger partial charge in [0, 0.05) is 32.6 Å². The van der Waals surface area contributed by atoms with Gasteiger partial charge in [-0.25, -0.2) is 0 Å². The molecular weight excluding hydrogens is 551 g/mol. The van der Waals surface area contributed by atoms with Crippen LogP contribution in [0.1, 0.15) is 42.9 Å². The standard InChI is InChI=1S/C31H34Cl2N2O5/c1-5-13-35-14-12-30-27-20-7-9-24(38-4)28(27)39-29(30)23(10-11-31(30,25(35)17-20)40-18(2)36)34(3)26(37)16-19-6-8-21(32)22(33)15-19/h5-9,15,23,25,29H,1,10-14,16-17H2,2-4H3/t23?,25-,29?,30+,31-/m1/s1. The van der Waals surface area contributed by atoms with Gasteiger partial charge in [0.05, 0.1) is 41.1 Å². The molecule has 2 unspecified atom stereocenters. The Morgan fingerprint density at radius 3 is 2.73 bits per heavy atom. The molecule has 0 N–H and O–H groups in total. The van der Waals surface area contributed by atoms with E-state index in [1.807, 2.05) is 30.2 Å². The third kappa shape index (κ3) is 3.81. The summed E-state index contributed by atoms with van der Waals surface area (Å²) in [5.74, 6) is 1.04. The number of ether oxygens (including phenoxy) is 3. The molecule has 1 amide bonds. The van der Waals surface area contributed by atoms with E-state index >= 15 is 0 Å². The van der Waals surface area contributed by atoms with Crippen LogP contribution in [0.3, 0.4) is 0 Å². The molecule has 2 aromatic carbocycles. The maximum Gasteiger partial charge on any atom is 0.303 e. The molecule has 2 fully saturated rings. The van der Waals surface area contributed by atoms with E-state index in [4.69, 9.17) is 37.4 Å². The van der Waals surface area contributed by atoms with E-state index in [-0.39, 0.29) is 30.4 Å². The van der Waals surface area contributed by atoms with Crippen LogP contribution >= 0.6 is 23.2 Å². The second-order valence-corrected chi connectivity index (χ2v) is 12.2.